The molecule has 28 heavy (non-hydrogen) atoms. The highest BCUT2D eigenvalue weighted by atomic mass is 16.6. The maximum absolute atomic E-state index is 12.8. The summed E-state index contributed by atoms with van der Waals surface area (Å²) in [5, 5.41) is 5.40. The first kappa shape index (κ1) is 20.0. The lowest BCUT2D eigenvalue weighted by atomic mass is 10.1. The third kappa shape index (κ3) is 5.37. The fourth-order valence-electron chi connectivity index (χ4n) is 3.02. The van der Waals surface area contributed by atoms with Crippen molar-refractivity contribution in [3.05, 3.63) is 35.9 Å². The topological polar surface area (TPSA) is 97.0 Å². The molecule has 0 spiro atoms. The highest BCUT2D eigenvalue weighted by Gasteiger charge is 2.41. The third-order valence-corrected chi connectivity index (χ3v) is 4.45. The molecule has 2 fully saturated rings. The van der Waals surface area contributed by atoms with E-state index in [9.17, 15) is 14.4 Å². The fourth-order valence-corrected chi connectivity index (χ4v) is 3.02. The number of hydrogen-bond acceptors (Lipinski definition) is 5. The number of carbonyl (C=O) groups is 3. The number of cyclic esters (lactones) is 1. The molecule has 1 heterocycles. The number of nitrogens with zero attached hydrogens (tertiary/aromatic N) is 1. The van der Waals surface area contributed by atoms with Crippen molar-refractivity contribution in [1.29, 1.82) is 0 Å². The molecular weight excluding hydrogens is 362 g/mol. The molecule has 1 aromatic rings. The summed E-state index contributed by atoms with van der Waals surface area (Å²) in [4.78, 5) is 38.5. The van der Waals surface area contributed by atoms with E-state index in [2.05, 4.69) is 10.6 Å². The zero-order valence-corrected chi connectivity index (χ0v) is 16.4. The van der Waals surface area contributed by atoms with Crippen LogP contribution in [-0.4, -0.2) is 53.8 Å². The molecule has 2 unspecified atom stereocenters. The average Bonchev–Trinajstić information content (AvgIpc) is 3.39. The van der Waals surface area contributed by atoms with E-state index < -0.39 is 29.7 Å². The molecule has 1 saturated carbocycles. The van der Waals surface area contributed by atoms with Gasteiger partial charge in [0.05, 0.1) is 13.1 Å². The van der Waals surface area contributed by atoms with Crippen LogP contribution in [0.25, 0.3) is 0 Å². The van der Waals surface area contributed by atoms with Gasteiger partial charge < -0.3 is 25.0 Å². The standard InChI is InChI=1S/C20H27N3O5/c1-20(2,3)28-18(25)22-16(13-7-5-4-6-8-13)17(24)21-11-15-12-23(14-9-10-14)19(26)27-15/h4-8,14-16H,9-12H2,1-3H3,(H,21,24)(H,22,25). The van der Waals surface area contributed by atoms with Gasteiger partial charge >= 0.3 is 12.2 Å². The van der Waals surface area contributed by atoms with Gasteiger partial charge in [0.25, 0.3) is 0 Å². The lowest BCUT2D eigenvalue weighted by Gasteiger charge is -2.24. The van der Waals surface area contributed by atoms with Crippen LogP contribution in [0.1, 0.15) is 45.2 Å². The molecule has 152 valence electrons. The number of ether oxygens (including phenoxy) is 2. The Morgan fingerprint density at radius 3 is 2.54 bits per heavy atom. The van der Waals surface area contributed by atoms with Crippen LogP contribution in [0.4, 0.5) is 9.59 Å². The van der Waals surface area contributed by atoms with E-state index in [0.29, 0.717) is 12.1 Å². The van der Waals surface area contributed by atoms with Crippen LogP contribution in [0.15, 0.2) is 30.3 Å². The third-order valence-electron chi connectivity index (χ3n) is 4.45. The van der Waals surface area contributed by atoms with E-state index in [1.807, 2.05) is 6.07 Å². The Hall–Kier alpha value is -2.77. The lowest BCUT2D eigenvalue weighted by Crippen LogP contribution is -2.44. The number of amides is 3. The van der Waals surface area contributed by atoms with E-state index in [1.165, 1.54) is 0 Å². The lowest BCUT2D eigenvalue weighted by molar-refractivity contribution is -0.123. The van der Waals surface area contributed by atoms with Gasteiger partial charge in [-0.1, -0.05) is 30.3 Å². The molecule has 1 aliphatic heterocycles. The van der Waals surface area contributed by atoms with Crippen molar-refractivity contribution >= 4 is 18.1 Å². The molecule has 1 aliphatic carbocycles. The van der Waals surface area contributed by atoms with Crippen molar-refractivity contribution in [1.82, 2.24) is 15.5 Å². The zero-order valence-electron chi connectivity index (χ0n) is 16.4. The SMILES string of the molecule is CC(C)(C)OC(=O)NC(C(=O)NCC1CN(C2CC2)C(=O)O1)c1ccccc1. The molecule has 0 aromatic heterocycles. The van der Waals surface area contributed by atoms with E-state index in [1.54, 1.807) is 49.9 Å². The van der Waals surface area contributed by atoms with Crippen LogP contribution in [-0.2, 0) is 14.3 Å². The highest BCUT2D eigenvalue weighted by Crippen LogP contribution is 2.30. The van der Waals surface area contributed by atoms with Crippen LogP contribution in [0, 0.1) is 0 Å². The van der Waals surface area contributed by atoms with Gasteiger partial charge in [0, 0.05) is 6.04 Å². The first-order chi connectivity index (χ1) is 13.2. The second-order valence-corrected chi connectivity index (χ2v) is 8.12. The molecule has 8 heteroatoms. The number of nitrogens with one attached hydrogen (secondary N) is 2. The minimum atomic E-state index is -0.910. The minimum absolute atomic E-state index is 0.188. The number of hydrogen-bond donors (Lipinski definition) is 2. The van der Waals surface area contributed by atoms with Gasteiger partial charge in [-0.3, -0.25) is 4.79 Å². The van der Waals surface area contributed by atoms with Crippen molar-refractivity contribution in [2.24, 2.45) is 0 Å². The summed E-state index contributed by atoms with van der Waals surface area (Å²) < 4.78 is 10.6. The molecule has 2 N–H and O–H groups in total. The van der Waals surface area contributed by atoms with Crippen LogP contribution in [0.2, 0.25) is 0 Å². The molecule has 0 radical (unpaired) electrons. The van der Waals surface area contributed by atoms with E-state index in [4.69, 9.17) is 9.47 Å². The Balaban J connectivity index is 1.60. The van der Waals surface area contributed by atoms with Crippen LogP contribution < -0.4 is 10.6 Å². The highest BCUT2D eigenvalue weighted by molar-refractivity contribution is 5.87. The monoisotopic (exact) mass is 389 g/mol. The summed E-state index contributed by atoms with van der Waals surface area (Å²) in [5.41, 5.74) is -0.0413. The Labute approximate surface area is 164 Å². The van der Waals surface area contributed by atoms with Crippen molar-refractivity contribution in [2.75, 3.05) is 13.1 Å². The predicted molar refractivity (Wildman–Crippen MR) is 102 cm³/mol. The normalized spacial score (nSPS) is 20.3. The molecule has 2 aliphatic rings. The van der Waals surface area contributed by atoms with Crippen molar-refractivity contribution < 1.29 is 23.9 Å². The summed E-state index contributed by atoms with van der Waals surface area (Å²) in [7, 11) is 0. The van der Waals surface area contributed by atoms with Crippen LogP contribution in [0.3, 0.4) is 0 Å². The molecule has 3 amide bonds. The second-order valence-electron chi connectivity index (χ2n) is 8.12. The summed E-state index contributed by atoms with van der Waals surface area (Å²) in [6.07, 6.45) is 0.612. The Morgan fingerprint density at radius 1 is 1.25 bits per heavy atom. The maximum atomic E-state index is 12.8. The van der Waals surface area contributed by atoms with Gasteiger partial charge in [0.1, 0.15) is 17.7 Å². The quantitative estimate of drug-likeness (QED) is 0.778. The Bertz CT molecular complexity index is 727. The molecule has 1 aromatic carbocycles. The number of carbonyl (C=O) groups excluding carboxylic acids is 3. The minimum Gasteiger partial charge on any atom is -0.444 e. The number of benzene rings is 1. The van der Waals surface area contributed by atoms with Gasteiger partial charge in [-0.15, -0.1) is 0 Å². The zero-order chi connectivity index (χ0) is 20.3. The van der Waals surface area contributed by atoms with Crippen molar-refractivity contribution in [3.8, 4) is 0 Å². The predicted octanol–water partition coefficient (Wildman–Crippen LogP) is 2.35. The summed E-state index contributed by atoms with van der Waals surface area (Å²) in [6.45, 7) is 5.92. The Morgan fingerprint density at radius 2 is 1.93 bits per heavy atom. The largest absolute Gasteiger partial charge is 0.444 e. The molecule has 2 atom stereocenters. The molecule has 0 bridgehead atoms. The number of alkyl carbamates (subject to hydrolysis) is 1. The summed E-state index contributed by atoms with van der Waals surface area (Å²) in [5.74, 6) is -0.391. The van der Waals surface area contributed by atoms with Gasteiger partial charge in [-0.05, 0) is 39.2 Å². The molecule has 1 saturated heterocycles. The smallest absolute Gasteiger partial charge is 0.410 e. The fraction of sp³-hybridized carbons (Fsp3) is 0.550. The van der Waals surface area contributed by atoms with Gasteiger partial charge in [-0.25, -0.2) is 9.59 Å². The first-order valence-electron chi connectivity index (χ1n) is 9.52. The van der Waals surface area contributed by atoms with Crippen molar-refractivity contribution in [3.63, 3.8) is 0 Å². The Kier molecular flexibility index (Phi) is 5.76. The van der Waals surface area contributed by atoms with E-state index >= 15 is 0 Å². The summed E-state index contributed by atoms with van der Waals surface area (Å²) in [6, 6.07) is 8.29. The van der Waals surface area contributed by atoms with Crippen LogP contribution in [0.5, 0.6) is 0 Å². The summed E-state index contributed by atoms with van der Waals surface area (Å²) >= 11 is 0. The van der Waals surface area contributed by atoms with Crippen LogP contribution >= 0.6 is 0 Å². The first-order valence-corrected chi connectivity index (χ1v) is 9.52. The van der Waals surface area contributed by atoms with Gasteiger partial charge in [0.15, 0.2) is 0 Å². The van der Waals surface area contributed by atoms with Gasteiger partial charge in [0.2, 0.25) is 5.91 Å². The molecule has 8 nitrogen and oxygen atoms in total. The van der Waals surface area contributed by atoms with Crippen molar-refractivity contribution in [2.45, 2.75) is 57.4 Å². The molecular formula is C20H27N3O5. The maximum Gasteiger partial charge on any atom is 0.410 e. The second kappa shape index (κ2) is 8.08. The average molecular weight is 389 g/mol. The molecule has 3 rings (SSSR count). The number of rotatable bonds is 6. The van der Waals surface area contributed by atoms with E-state index in [0.717, 1.165) is 12.8 Å². The van der Waals surface area contributed by atoms with E-state index in [-0.39, 0.29) is 18.7 Å². The van der Waals surface area contributed by atoms with Gasteiger partial charge in [-0.2, -0.15) is 0 Å².